The SMILES string of the molecule is CCCCCCc1ccc(C#Cc2ccc3c(F)c(CCc4ccc(CCCCCC)cc4)ccc3c2)cc1. The molecule has 0 saturated heterocycles. The minimum atomic E-state index is -0.103. The summed E-state index contributed by atoms with van der Waals surface area (Å²) in [6.07, 6.45) is 14.1. The summed E-state index contributed by atoms with van der Waals surface area (Å²) < 4.78 is 15.4. The maximum Gasteiger partial charge on any atom is 0.134 e. The van der Waals surface area contributed by atoms with Gasteiger partial charge in [0.05, 0.1) is 0 Å². The van der Waals surface area contributed by atoms with E-state index in [0.717, 1.165) is 41.3 Å². The van der Waals surface area contributed by atoms with Crippen molar-refractivity contribution in [3.63, 3.8) is 0 Å². The molecule has 0 saturated carbocycles. The van der Waals surface area contributed by atoms with E-state index >= 15 is 4.39 Å². The van der Waals surface area contributed by atoms with Gasteiger partial charge in [-0.1, -0.05) is 119 Å². The Morgan fingerprint density at radius 1 is 0.513 bits per heavy atom. The number of fused-ring (bicyclic) bond motifs is 1. The molecule has 0 amide bonds. The Bertz CT molecular complexity index is 1370. The number of rotatable bonds is 13. The highest BCUT2D eigenvalue weighted by Gasteiger charge is 2.08. The van der Waals surface area contributed by atoms with Gasteiger partial charge in [-0.3, -0.25) is 0 Å². The number of aryl methyl sites for hydroxylation is 4. The molecule has 0 heterocycles. The predicted octanol–water partition coefficient (Wildman–Crippen LogP) is 10.4. The molecule has 0 fully saturated rings. The van der Waals surface area contributed by atoms with Gasteiger partial charge in [-0.2, -0.15) is 0 Å². The second kappa shape index (κ2) is 15.3. The van der Waals surface area contributed by atoms with Crippen molar-refractivity contribution in [2.75, 3.05) is 0 Å². The maximum atomic E-state index is 15.4. The number of halogens is 1. The van der Waals surface area contributed by atoms with E-state index in [-0.39, 0.29) is 5.82 Å². The van der Waals surface area contributed by atoms with E-state index in [0.29, 0.717) is 11.8 Å². The molecule has 0 aromatic heterocycles. The standard InChI is InChI=1S/C38H43F/c1-3-5-7-9-11-30-13-17-32(18-14-30)21-22-34-24-28-37-36(29-34)27-26-35(38(37)39)25-23-33-19-15-31(16-20-33)12-10-8-6-4-2/h13-20,24,26-29H,3-12,23,25H2,1-2H3. The highest BCUT2D eigenvalue weighted by atomic mass is 19.1. The Labute approximate surface area is 235 Å². The number of hydrogen-bond acceptors (Lipinski definition) is 0. The molecule has 202 valence electrons. The van der Waals surface area contributed by atoms with Gasteiger partial charge in [-0.15, -0.1) is 0 Å². The summed E-state index contributed by atoms with van der Waals surface area (Å²) in [4.78, 5) is 0. The third kappa shape index (κ3) is 8.83. The van der Waals surface area contributed by atoms with Crippen LogP contribution in [0.5, 0.6) is 0 Å². The molecule has 0 aliphatic carbocycles. The van der Waals surface area contributed by atoms with Gasteiger partial charge in [-0.25, -0.2) is 4.39 Å². The van der Waals surface area contributed by atoms with E-state index < -0.39 is 0 Å². The zero-order valence-corrected chi connectivity index (χ0v) is 23.9. The first kappa shape index (κ1) is 28.6. The van der Waals surface area contributed by atoms with Crippen LogP contribution in [-0.2, 0) is 25.7 Å². The van der Waals surface area contributed by atoms with Crippen LogP contribution in [0.1, 0.15) is 98.6 Å². The molecule has 0 aliphatic rings. The quantitative estimate of drug-likeness (QED) is 0.122. The van der Waals surface area contributed by atoms with E-state index in [2.05, 4.69) is 74.2 Å². The topological polar surface area (TPSA) is 0 Å². The first-order chi connectivity index (χ1) is 19.2. The van der Waals surface area contributed by atoms with Crippen molar-refractivity contribution in [3.8, 4) is 11.8 Å². The summed E-state index contributed by atoms with van der Waals surface area (Å²) in [6.45, 7) is 4.49. The number of unbranched alkanes of at least 4 members (excludes halogenated alkanes) is 6. The molecule has 0 unspecified atom stereocenters. The molecule has 4 aromatic carbocycles. The Kier molecular flexibility index (Phi) is 11.2. The van der Waals surface area contributed by atoms with E-state index in [9.17, 15) is 0 Å². The number of hydrogen-bond donors (Lipinski definition) is 0. The molecule has 1 heteroatoms. The fourth-order valence-electron chi connectivity index (χ4n) is 5.17. The lowest BCUT2D eigenvalue weighted by molar-refractivity contribution is 0.620. The van der Waals surface area contributed by atoms with Crippen LogP contribution < -0.4 is 0 Å². The Morgan fingerprint density at radius 2 is 1.05 bits per heavy atom. The van der Waals surface area contributed by atoms with Gasteiger partial charge in [0, 0.05) is 16.5 Å². The third-order valence-corrected chi connectivity index (χ3v) is 7.68. The largest absolute Gasteiger partial charge is 0.206 e. The van der Waals surface area contributed by atoms with E-state index in [1.54, 1.807) is 0 Å². The fraction of sp³-hybridized carbons (Fsp3) is 0.368. The summed E-state index contributed by atoms with van der Waals surface area (Å²) in [5.74, 6) is 6.43. The van der Waals surface area contributed by atoms with Crippen molar-refractivity contribution >= 4 is 10.8 Å². The molecule has 0 spiro atoms. The normalized spacial score (nSPS) is 10.9. The molecule has 39 heavy (non-hydrogen) atoms. The second-order valence-electron chi connectivity index (χ2n) is 10.9. The molecule has 0 atom stereocenters. The van der Waals surface area contributed by atoms with Crippen LogP contribution in [0.4, 0.5) is 4.39 Å². The van der Waals surface area contributed by atoms with Crippen LogP contribution >= 0.6 is 0 Å². The summed E-state index contributed by atoms with van der Waals surface area (Å²) in [6, 6.07) is 27.3. The molecule has 0 bridgehead atoms. The van der Waals surface area contributed by atoms with Crippen molar-refractivity contribution in [1.82, 2.24) is 0 Å². The van der Waals surface area contributed by atoms with Crippen LogP contribution in [0.3, 0.4) is 0 Å². The van der Waals surface area contributed by atoms with Gasteiger partial charge >= 0.3 is 0 Å². The third-order valence-electron chi connectivity index (χ3n) is 7.68. The fourth-order valence-corrected chi connectivity index (χ4v) is 5.17. The van der Waals surface area contributed by atoms with Crippen molar-refractivity contribution in [1.29, 1.82) is 0 Å². The van der Waals surface area contributed by atoms with Gasteiger partial charge < -0.3 is 0 Å². The zero-order valence-electron chi connectivity index (χ0n) is 23.9. The van der Waals surface area contributed by atoms with Crippen molar-refractivity contribution in [2.45, 2.75) is 90.9 Å². The van der Waals surface area contributed by atoms with Crippen LogP contribution in [0.25, 0.3) is 10.8 Å². The summed E-state index contributed by atoms with van der Waals surface area (Å²) in [5.41, 5.74) is 6.75. The minimum absolute atomic E-state index is 0.103. The first-order valence-corrected chi connectivity index (χ1v) is 15.1. The van der Waals surface area contributed by atoms with Crippen molar-refractivity contribution in [2.24, 2.45) is 0 Å². The predicted molar refractivity (Wildman–Crippen MR) is 166 cm³/mol. The molecule has 0 N–H and O–H groups in total. The highest BCUT2D eigenvalue weighted by molar-refractivity contribution is 5.85. The maximum absolute atomic E-state index is 15.4. The van der Waals surface area contributed by atoms with Crippen LogP contribution in [0.2, 0.25) is 0 Å². The molecule has 4 rings (SSSR count). The highest BCUT2D eigenvalue weighted by Crippen LogP contribution is 2.24. The van der Waals surface area contributed by atoms with Crippen molar-refractivity contribution < 1.29 is 4.39 Å². The monoisotopic (exact) mass is 518 g/mol. The van der Waals surface area contributed by atoms with E-state index in [1.165, 1.54) is 68.1 Å². The van der Waals surface area contributed by atoms with Crippen LogP contribution in [0.15, 0.2) is 78.9 Å². The lowest BCUT2D eigenvalue weighted by Gasteiger charge is -2.08. The minimum Gasteiger partial charge on any atom is -0.206 e. The molecule has 4 aromatic rings. The summed E-state index contributed by atoms with van der Waals surface area (Å²) in [7, 11) is 0. The second-order valence-corrected chi connectivity index (χ2v) is 10.9. The summed E-state index contributed by atoms with van der Waals surface area (Å²) >= 11 is 0. The molecule has 0 aliphatic heterocycles. The molecule has 0 radical (unpaired) electrons. The van der Waals surface area contributed by atoms with Gasteiger partial charge in [0.1, 0.15) is 5.82 Å². The average Bonchev–Trinajstić information content (AvgIpc) is 2.97. The molecular weight excluding hydrogens is 475 g/mol. The van der Waals surface area contributed by atoms with Gasteiger partial charge in [-0.05, 0) is 90.4 Å². The number of benzene rings is 4. The van der Waals surface area contributed by atoms with Gasteiger partial charge in [0.25, 0.3) is 0 Å². The Balaban J connectivity index is 1.34. The Hall–Kier alpha value is -3.37. The first-order valence-electron chi connectivity index (χ1n) is 15.1. The van der Waals surface area contributed by atoms with E-state index in [1.807, 2.05) is 30.3 Å². The summed E-state index contributed by atoms with van der Waals surface area (Å²) in [5, 5.41) is 1.57. The average molecular weight is 519 g/mol. The van der Waals surface area contributed by atoms with Gasteiger partial charge in [0.15, 0.2) is 0 Å². The smallest absolute Gasteiger partial charge is 0.134 e. The zero-order chi connectivity index (χ0) is 27.3. The van der Waals surface area contributed by atoms with Crippen LogP contribution in [-0.4, -0.2) is 0 Å². The Morgan fingerprint density at radius 3 is 1.67 bits per heavy atom. The van der Waals surface area contributed by atoms with Crippen molar-refractivity contribution in [3.05, 3.63) is 118 Å². The van der Waals surface area contributed by atoms with Crippen LogP contribution in [0, 0.1) is 17.7 Å². The molecular formula is C38H43F. The lowest BCUT2D eigenvalue weighted by atomic mass is 9.98. The van der Waals surface area contributed by atoms with E-state index in [4.69, 9.17) is 0 Å². The molecule has 0 nitrogen and oxygen atoms in total. The van der Waals surface area contributed by atoms with Gasteiger partial charge in [0.2, 0.25) is 0 Å². The lowest BCUT2D eigenvalue weighted by Crippen LogP contribution is -1.96.